The molecule has 0 aliphatic carbocycles. The van der Waals surface area contributed by atoms with Gasteiger partial charge in [-0.25, -0.2) is 0 Å². The number of hydrogen-bond acceptors (Lipinski definition) is 6. The van der Waals surface area contributed by atoms with Gasteiger partial charge in [-0.2, -0.15) is 0 Å². The fourth-order valence-electron chi connectivity index (χ4n) is 3.28. The van der Waals surface area contributed by atoms with Crippen LogP contribution in [0.5, 0.6) is 0 Å². The van der Waals surface area contributed by atoms with E-state index in [9.17, 15) is 9.59 Å². The second-order valence-corrected chi connectivity index (χ2v) is 7.67. The molecule has 3 heterocycles. The molecule has 8 heteroatoms. The molecule has 0 N–H and O–H groups in total. The Kier molecular flexibility index (Phi) is 5.71. The fourth-order valence-corrected chi connectivity index (χ4v) is 4.11. The Morgan fingerprint density at radius 3 is 2.52 bits per heavy atom. The van der Waals surface area contributed by atoms with Gasteiger partial charge in [0.05, 0.1) is 5.75 Å². The van der Waals surface area contributed by atoms with Crippen LogP contribution in [0, 0.1) is 0 Å². The maximum atomic E-state index is 12.5. The van der Waals surface area contributed by atoms with Gasteiger partial charge < -0.3 is 0 Å². The standard InChI is InChI=1S/C21H21N5O2S/c1-2-15-5-7-17(8-6-15)26-20(16-9-11-22-12-10-16)23-24-21(26)29-14-19(28)25-13-3-4-18(25)27/h5-12H,2-4,13-14H2,1H3. The van der Waals surface area contributed by atoms with Crippen LogP contribution in [0.2, 0.25) is 0 Å². The number of amides is 2. The Morgan fingerprint density at radius 1 is 1.10 bits per heavy atom. The molecule has 0 bridgehead atoms. The molecule has 0 unspecified atom stereocenters. The van der Waals surface area contributed by atoms with Crippen LogP contribution >= 0.6 is 11.8 Å². The van der Waals surface area contributed by atoms with Gasteiger partial charge in [-0.1, -0.05) is 30.8 Å². The average Bonchev–Trinajstić information content (AvgIpc) is 3.39. The summed E-state index contributed by atoms with van der Waals surface area (Å²) in [4.78, 5) is 29.7. The first-order valence-electron chi connectivity index (χ1n) is 9.58. The molecule has 0 atom stereocenters. The van der Waals surface area contributed by atoms with E-state index in [1.54, 1.807) is 12.4 Å². The number of likely N-dealkylation sites (tertiary alicyclic amines) is 1. The summed E-state index contributed by atoms with van der Waals surface area (Å²) in [6.07, 6.45) is 5.57. The minimum atomic E-state index is -0.182. The largest absolute Gasteiger partial charge is 0.282 e. The summed E-state index contributed by atoms with van der Waals surface area (Å²) in [5.74, 6) is 0.556. The number of benzene rings is 1. The van der Waals surface area contributed by atoms with E-state index < -0.39 is 0 Å². The number of thioether (sulfide) groups is 1. The van der Waals surface area contributed by atoms with E-state index in [0.717, 1.165) is 24.1 Å². The topological polar surface area (TPSA) is 81.0 Å². The van der Waals surface area contributed by atoms with Crippen molar-refractivity contribution in [3.63, 3.8) is 0 Å². The van der Waals surface area contributed by atoms with E-state index in [4.69, 9.17) is 0 Å². The molecule has 1 aromatic carbocycles. The average molecular weight is 407 g/mol. The molecule has 4 rings (SSSR count). The minimum absolute atomic E-state index is 0.0929. The van der Waals surface area contributed by atoms with Gasteiger partial charge in [0.25, 0.3) is 0 Å². The van der Waals surface area contributed by atoms with Gasteiger partial charge in [0.1, 0.15) is 0 Å². The van der Waals surface area contributed by atoms with Crippen molar-refractivity contribution in [1.29, 1.82) is 0 Å². The number of aromatic nitrogens is 4. The second-order valence-electron chi connectivity index (χ2n) is 6.73. The lowest BCUT2D eigenvalue weighted by molar-refractivity contribution is -0.140. The van der Waals surface area contributed by atoms with Crippen molar-refractivity contribution in [1.82, 2.24) is 24.6 Å². The first kappa shape index (κ1) is 19.3. The van der Waals surface area contributed by atoms with Crippen LogP contribution in [-0.4, -0.2) is 48.8 Å². The predicted octanol–water partition coefficient (Wildman–Crippen LogP) is 3.13. The van der Waals surface area contributed by atoms with Crippen molar-refractivity contribution in [2.24, 2.45) is 0 Å². The number of carbonyl (C=O) groups is 2. The minimum Gasteiger partial charge on any atom is -0.282 e. The molecule has 2 aromatic heterocycles. The van der Waals surface area contributed by atoms with E-state index in [2.05, 4.69) is 34.2 Å². The van der Waals surface area contributed by atoms with Crippen molar-refractivity contribution in [2.75, 3.05) is 12.3 Å². The van der Waals surface area contributed by atoms with E-state index in [1.807, 2.05) is 28.8 Å². The number of rotatable bonds is 6. The Labute approximate surface area is 173 Å². The SMILES string of the molecule is CCc1ccc(-n2c(SCC(=O)N3CCCC3=O)nnc2-c2ccncc2)cc1. The van der Waals surface area contributed by atoms with Crippen LogP contribution < -0.4 is 0 Å². The van der Waals surface area contributed by atoms with Crippen LogP contribution in [0.3, 0.4) is 0 Å². The third-order valence-corrected chi connectivity index (χ3v) is 5.79. The lowest BCUT2D eigenvalue weighted by Gasteiger charge is -2.14. The smallest absolute Gasteiger partial charge is 0.239 e. The van der Waals surface area contributed by atoms with Crippen LogP contribution in [0.1, 0.15) is 25.3 Å². The van der Waals surface area contributed by atoms with E-state index in [0.29, 0.717) is 23.9 Å². The van der Waals surface area contributed by atoms with E-state index >= 15 is 0 Å². The number of aryl methyl sites for hydroxylation is 1. The first-order chi connectivity index (χ1) is 14.2. The molecular formula is C21H21N5O2S. The lowest BCUT2D eigenvalue weighted by atomic mass is 10.1. The maximum Gasteiger partial charge on any atom is 0.239 e. The quantitative estimate of drug-likeness (QED) is 0.584. The maximum absolute atomic E-state index is 12.5. The molecule has 148 valence electrons. The van der Waals surface area contributed by atoms with Gasteiger partial charge in [-0.3, -0.25) is 24.0 Å². The zero-order chi connectivity index (χ0) is 20.2. The molecule has 0 radical (unpaired) electrons. The molecule has 7 nitrogen and oxygen atoms in total. The van der Waals surface area contributed by atoms with Crippen molar-refractivity contribution in [3.05, 3.63) is 54.4 Å². The fraction of sp³-hybridized carbons (Fsp3) is 0.286. The normalized spacial score (nSPS) is 13.8. The van der Waals surface area contributed by atoms with E-state index in [1.165, 1.54) is 22.2 Å². The van der Waals surface area contributed by atoms with Gasteiger partial charge in [0, 0.05) is 36.6 Å². The molecule has 1 aliphatic rings. The Bertz CT molecular complexity index is 1020. The van der Waals surface area contributed by atoms with Gasteiger partial charge in [-0.05, 0) is 42.7 Å². The zero-order valence-electron chi connectivity index (χ0n) is 16.1. The van der Waals surface area contributed by atoms with Crippen LogP contribution in [-0.2, 0) is 16.0 Å². The van der Waals surface area contributed by atoms with E-state index in [-0.39, 0.29) is 17.6 Å². The molecule has 1 saturated heterocycles. The van der Waals surface area contributed by atoms with Crippen LogP contribution in [0.25, 0.3) is 17.1 Å². The predicted molar refractivity (Wildman–Crippen MR) is 111 cm³/mol. The van der Waals surface area contributed by atoms with Gasteiger partial charge in [0.15, 0.2) is 11.0 Å². The number of imide groups is 1. The van der Waals surface area contributed by atoms with Gasteiger partial charge in [-0.15, -0.1) is 10.2 Å². The summed E-state index contributed by atoms with van der Waals surface area (Å²) in [5, 5.41) is 9.31. The molecule has 1 fully saturated rings. The Balaban J connectivity index is 1.65. The molecule has 29 heavy (non-hydrogen) atoms. The first-order valence-corrected chi connectivity index (χ1v) is 10.6. The third kappa shape index (κ3) is 4.07. The highest BCUT2D eigenvalue weighted by Gasteiger charge is 2.27. The van der Waals surface area contributed by atoms with Crippen molar-refractivity contribution >= 4 is 23.6 Å². The van der Waals surface area contributed by atoms with Crippen molar-refractivity contribution in [2.45, 2.75) is 31.3 Å². The highest BCUT2D eigenvalue weighted by molar-refractivity contribution is 7.99. The lowest BCUT2D eigenvalue weighted by Crippen LogP contribution is -2.33. The highest BCUT2D eigenvalue weighted by Crippen LogP contribution is 2.28. The Hall–Kier alpha value is -3.00. The summed E-state index contributed by atoms with van der Waals surface area (Å²) >= 11 is 1.29. The molecule has 2 amide bonds. The summed E-state index contributed by atoms with van der Waals surface area (Å²) in [6.45, 7) is 2.62. The number of hydrogen-bond donors (Lipinski definition) is 0. The van der Waals surface area contributed by atoms with Crippen LogP contribution in [0.4, 0.5) is 0 Å². The second kappa shape index (κ2) is 8.57. The molecule has 0 saturated carbocycles. The van der Waals surface area contributed by atoms with Gasteiger partial charge in [0.2, 0.25) is 11.8 Å². The molecular weight excluding hydrogens is 386 g/mol. The van der Waals surface area contributed by atoms with Crippen molar-refractivity contribution < 1.29 is 9.59 Å². The number of carbonyl (C=O) groups excluding carboxylic acids is 2. The summed E-state index contributed by atoms with van der Waals surface area (Å²) < 4.78 is 1.94. The third-order valence-electron chi connectivity index (χ3n) is 4.87. The zero-order valence-corrected chi connectivity index (χ0v) is 16.9. The van der Waals surface area contributed by atoms with Gasteiger partial charge >= 0.3 is 0 Å². The summed E-state index contributed by atoms with van der Waals surface area (Å²) in [6, 6.07) is 12.0. The Morgan fingerprint density at radius 2 is 1.86 bits per heavy atom. The van der Waals surface area contributed by atoms with Crippen LogP contribution in [0.15, 0.2) is 53.9 Å². The highest BCUT2D eigenvalue weighted by atomic mass is 32.2. The number of nitrogens with zero attached hydrogens (tertiary/aromatic N) is 5. The summed E-state index contributed by atoms with van der Waals surface area (Å²) in [7, 11) is 0. The molecule has 0 spiro atoms. The number of pyridine rings is 1. The van der Waals surface area contributed by atoms with Crippen molar-refractivity contribution in [3.8, 4) is 17.1 Å². The monoisotopic (exact) mass is 407 g/mol. The molecule has 1 aliphatic heterocycles. The summed E-state index contributed by atoms with van der Waals surface area (Å²) in [5.41, 5.74) is 3.05. The molecule has 3 aromatic rings.